The molecular weight excluding hydrogens is 338 g/mol. The first kappa shape index (κ1) is 17.4. The Bertz CT molecular complexity index is 915. The van der Waals surface area contributed by atoms with Crippen LogP contribution in [0.15, 0.2) is 79.0 Å². The molecule has 0 saturated heterocycles. The lowest BCUT2D eigenvalue weighted by molar-refractivity contribution is -0.118. The van der Waals surface area contributed by atoms with Crippen LogP contribution in [-0.2, 0) is 11.3 Å². The molecule has 2 unspecified atom stereocenters. The van der Waals surface area contributed by atoms with Crippen LogP contribution in [0.1, 0.15) is 35.4 Å². The van der Waals surface area contributed by atoms with Gasteiger partial charge < -0.3 is 10.4 Å². The number of nitrogens with one attached hydrogen (secondary N) is 1. The van der Waals surface area contributed by atoms with Gasteiger partial charge >= 0.3 is 0 Å². The number of carbonyl (C=O) groups excluding carboxylic acids is 1. The molecule has 2 aromatic carbocycles. The summed E-state index contributed by atoms with van der Waals surface area (Å²) in [5.74, 6) is 0.394. The first-order chi connectivity index (χ1) is 13.2. The highest BCUT2D eigenvalue weighted by molar-refractivity contribution is 5.90. The number of aliphatic hydroxyl groups excluding tert-OH is 1. The van der Waals surface area contributed by atoms with E-state index in [-0.39, 0.29) is 18.4 Å². The maximum atomic E-state index is 12.7. The first-order valence-corrected chi connectivity index (χ1v) is 9.00. The van der Waals surface area contributed by atoms with Gasteiger partial charge in [-0.2, -0.15) is 0 Å². The summed E-state index contributed by atoms with van der Waals surface area (Å²) < 4.78 is 0. The minimum atomic E-state index is -0.728. The van der Waals surface area contributed by atoms with Crippen LogP contribution >= 0.6 is 0 Å². The average Bonchev–Trinajstić information content (AvgIpc) is 3.04. The third kappa shape index (κ3) is 3.74. The molecule has 2 N–H and O–H groups in total. The van der Waals surface area contributed by atoms with E-state index in [1.807, 2.05) is 65.6 Å². The number of aliphatic hydroxyl groups is 1. The van der Waals surface area contributed by atoms with Crippen molar-refractivity contribution in [1.29, 1.82) is 0 Å². The van der Waals surface area contributed by atoms with Gasteiger partial charge in [0.15, 0.2) is 0 Å². The predicted molar refractivity (Wildman–Crippen MR) is 104 cm³/mol. The van der Waals surface area contributed by atoms with E-state index >= 15 is 0 Å². The van der Waals surface area contributed by atoms with Crippen LogP contribution in [0, 0.1) is 0 Å². The van der Waals surface area contributed by atoms with E-state index < -0.39 is 6.23 Å². The standard InChI is InChI=1S/C22H21N3O2/c26-21(24-20-12-6-7-13-23-20)14-19(16-8-2-1-3-9-16)25-15-17-10-4-5-11-18(17)22(25)27/h1-13,19,22,27H,14-15H2,(H,23,24,26). The molecule has 3 aromatic rings. The van der Waals surface area contributed by atoms with Crippen molar-refractivity contribution in [2.75, 3.05) is 5.32 Å². The quantitative estimate of drug-likeness (QED) is 0.730. The first-order valence-electron chi connectivity index (χ1n) is 9.00. The molecule has 2 atom stereocenters. The Morgan fingerprint density at radius 3 is 2.56 bits per heavy atom. The maximum Gasteiger partial charge on any atom is 0.227 e. The van der Waals surface area contributed by atoms with Gasteiger partial charge in [0, 0.05) is 25.2 Å². The summed E-state index contributed by atoms with van der Waals surface area (Å²) in [4.78, 5) is 18.8. The maximum absolute atomic E-state index is 12.7. The number of amides is 1. The monoisotopic (exact) mass is 359 g/mol. The van der Waals surface area contributed by atoms with E-state index in [1.165, 1.54) is 0 Å². The van der Waals surface area contributed by atoms with Crippen molar-refractivity contribution in [3.63, 3.8) is 0 Å². The second-order valence-electron chi connectivity index (χ2n) is 6.64. The van der Waals surface area contributed by atoms with Gasteiger partial charge in [0.1, 0.15) is 12.0 Å². The van der Waals surface area contributed by atoms with Crippen LogP contribution in [0.25, 0.3) is 0 Å². The Morgan fingerprint density at radius 1 is 1.07 bits per heavy atom. The van der Waals surface area contributed by atoms with Gasteiger partial charge in [-0.25, -0.2) is 4.98 Å². The Kier molecular flexibility index (Phi) is 4.96. The summed E-state index contributed by atoms with van der Waals surface area (Å²) in [6.07, 6.45) is 1.14. The van der Waals surface area contributed by atoms with Crippen LogP contribution < -0.4 is 5.32 Å². The minimum absolute atomic E-state index is 0.134. The van der Waals surface area contributed by atoms with Gasteiger partial charge in [-0.15, -0.1) is 0 Å². The SMILES string of the molecule is O=C(CC(c1ccccc1)N1Cc2ccccc2C1O)Nc1ccccn1. The summed E-state index contributed by atoms with van der Waals surface area (Å²) in [7, 11) is 0. The van der Waals surface area contributed by atoms with Crippen LogP contribution in [0.5, 0.6) is 0 Å². The Balaban J connectivity index is 1.58. The fraction of sp³-hybridized carbons (Fsp3) is 0.182. The number of carbonyl (C=O) groups is 1. The lowest BCUT2D eigenvalue weighted by Crippen LogP contribution is -2.31. The fourth-order valence-corrected chi connectivity index (χ4v) is 3.58. The molecule has 5 heteroatoms. The number of benzene rings is 2. The molecule has 27 heavy (non-hydrogen) atoms. The topological polar surface area (TPSA) is 65.5 Å². The van der Waals surface area contributed by atoms with Crippen molar-refractivity contribution in [2.24, 2.45) is 0 Å². The van der Waals surface area contributed by atoms with Gasteiger partial charge in [0.05, 0.1) is 0 Å². The van der Waals surface area contributed by atoms with Crippen LogP contribution in [-0.4, -0.2) is 20.9 Å². The number of hydrogen-bond acceptors (Lipinski definition) is 4. The molecule has 5 nitrogen and oxygen atoms in total. The summed E-state index contributed by atoms with van der Waals surface area (Å²) in [6.45, 7) is 0.605. The second kappa shape index (κ2) is 7.70. The summed E-state index contributed by atoms with van der Waals surface area (Å²) in [5.41, 5.74) is 3.00. The van der Waals surface area contributed by atoms with E-state index in [0.29, 0.717) is 12.4 Å². The molecule has 0 spiro atoms. The third-order valence-corrected chi connectivity index (χ3v) is 4.90. The number of pyridine rings is 1. The highest BCUT2D eigenvalue weighted by Gasteiger charge is 2.35. The fourth-order valence-electron chi connectivity index (χ4n) is 3.58. The van der Waals surface area contributed by atoms with Gasteiger partial charge in [-0.1, -0.05) is 60.7 Å². The summed E-state index contributed by atoms with van der Waals surface area (Å²) >= 11 is 0. The minimum Gasteiger partial charge on any atom is -0.374 e. The Hall–Kier alpha value is -3.02. The van der Waals surface area contributed by atoms with Crippen molar-refractivity contribution < 1.29 is 9.90 Å². The smallest absolute Gasteiger partial charge is 0.227 e. The highest BCUT2D eigenvalue weighted by Crippen LogP contribution is 2.39. The molecule has 2 heterocycles. The molecule has 0 aliphatic carbocycles. The Morgan fingerprint density at radius 2 is 1.81 bits per heavy atom. The van der Waals surface area contributed by atoms with E-state index in [0.717, 1.165) is 16.7 Å². The van der Waals surface area contributed by atoms with E-state index in [4.69, 9.17) is 0 Å². The lowest BCUT2D eigenvalue weighted by atomic mass is 10.0. The van der Waals surface area contributed by atoms with Gasteiger partial charge in [-0.3, -0.25) is 9.69 Å². The van der Waals surface area contributed by atoms with E-state index in [2.05, 4.69) is 10.3 Å². The zero-order chi connectivity index (χ0) is 18.6. The van der Waals surface area contributed by atoms with Crippen molar-refractivity contribution in [2.45, 2.75) is 25.2 Å². The van der Waals surface area contributed by atoms with E-state index in [1.54, 1.807) is 18.3 Å². The van der Waals surface area contributed by atoms with Gasteiger partial charge in [-0.05, 0) is 28.8 Å². The molecule has 0 bridgehead atoms. The van der Waals surface area contributed by atoms with Crippen LogP contribution in [0.4, 0.5) is 5.82 Å². The number of fused-ring (bicyclic) bond motifs is 1. The summed E-state index contributed by atoms with van der Waals surface area (Å²) in [5, 5.41) is 13.7. The number of nitrogens with zero attached hydrogens (tertiary/aromatic N) is 2. The molecule has 136 valence electrons. The normalized spacial score (nSPS) is 17.3. The second-order valence-corrected chi connectivity index (χ2v) is 6.64. The van der Waals surface area contributed by atoms with Crippen LogP contribution in [0.2, 0.25) is 0 Å². The predicted octanol–water partition coefficient (Wildman–Crippen LogP) is 3.66. The molecule has 0 saturated carbocycles. The van der Waals surface area contributed by atoms with Crippen molar-refractivity contribution in [1.82, 2.24) is 9.88 Å². The number of rotatable bonds is 5. The molecule has 0 fully saturated rings. The number of aromatic nitrogens is 1. The molecule has 1 aliphatic rings. The van der Waals surface area contributed by atoms with Crippen molar-refractivity contribution in [3.05, 3.63) is 95.7 Å². The van der Waals surface area contributed by atoms with Crippen molar-refractivity contribution in [3.8, 4) is 0 Å². The number of anilines is 1. The Labute approximate surface area is 158 Å². The zero-order valence-corrected chi connectivity index (χ0v) is 14.8. The molecule has 1 amide bonds. The molecule has 1 aliphatic heterocycles. The zero-order valence-electron chi connectivity index (χ0n) is 14.8. The molecule has 1 aromatic heterocycles. The number of hydrogen-bond donors (Lipinski definition) is 2. The van der Waals surface area contributed by atoms with Crippen molar-refractivity contribution >= 4 is 11.7 Å². The third-order valence-electron chi connectivity index (χ3n) is 4.90. The van der Waals surface area contributed by atoms with Crippen LogP contribution in [0.3, 0.4) is 0 Å². The van der Waals surface area contributed by atoms with Gasteiger partial charge in [0.2, 0.25) is 5.91 Å². The average molecular weight is 359 g/mol. The molecule has 0 radical (unpaired) electrons. The van der Waals surface area contributed by atoms with E-state index in [9.17, 15) is 9.90 Å². The molecular formula is C22H21N3O2. The largest absolute Gasteiger partial charge is 0.374 e. The summed E-state index contributed by atoms with van der Waals surface area (Å²) in [6, 6.07) is 22.9. The molecule has 4 rings (SSSR count). The lowest BCUT2D eigenvalue weighted by Gasteiger charge is -2.30. The van der Waals surface area contributed by atoms with Gasteiger partial charge in [0.25, 0.3) is 0 Å². The highest BCUT2D eigenvalue weighted by atomic mass is 16.3.